The average molecular weight is 252 g/mol. The van der Waals surface area contributed by atoms with Gasteiger partial charge in [-0.05, 0) is 38.1 Å². The highest BCUT2D eigenvalue weighted by Gasteiger charge is 2.15. The van der Waals surface area contributed by atoms with Crippen LogP contribution in [-0.4, -0.2) is 19.5 Å². The molecule has 0 aliphatic heterocycles. The van der Waals surface area contributed by atoms with Crippen LogP contribution in [-0.2, 0) is 4.79 Å². The largest absolute Gasteiger partial charge is 0.349 e. The van der Waals surface area contributed by atoms with Crippen LogP contribution in [0.1, 0.15) is 31.0 Å². The van der Waals surface area contributed by atoms with Crippen molar-refractivity contribution in [3.63, 3.8) is 0 Å². The van der Waals surface area contributed by atoms with E-state index in [4.69, 9.17) is 0 Å². The third kappa shape index (κ3) is 3.81. The van der Waals surface area contributed by atoms with Gasteiger partial charge in [-0.15, -0.1) is 0 Å². The molecule has 4 heteroatoms. The zero-order chi connectivity index (χ0) is 13.7. The maximum absolute atomic E-state index is 13.4. The number of amides is 1. The fraction of sp³-hybridized carbons (Fsp3) is 0.500. The Labute approximate surface area is 108 Å². The maximum Gasteiger partial charge on any atom is 0.224 e. The van der Waals surface area contributed by atoms with E-state index >= 15 is 0 Å². The summed E-state index contributed by atoms with van der Waals surface area (Å²) >= 11 is 0. The smallest absolute Gasteiger partial charge is 0.224 e. The number of rotatable bonds is 5. The Hall–Kier alpha value is -1.42. The third-order valence-electron chi connectivity index (χ3n) is 3.01. The molecule has 0 spiro atoms. The van der Waals surface area contributed by atoms with Gasteiger partial charge in [0.2, 0.25) is 5.91 Å². The molecule has 0 aliphatic rings. The van der Waals surface area contributed by atoms with Crippen molar-refractivity contribution in [3.8, 4) is 0 Å². The molecule has 0 fully saturated rings. The lowest BCUT2D eigenvalue weighted by atomic mass is 10.0. The quantitative estimate of drug-likeness (QED) is 0.843. The lowest BCUT2D eigenvalue weighted by molar-refractivity contribution is -0.125. The number of hydrogen-bond donors (Lipinski definition) is 2. The Bertz CT molecular complexity index is 420. The van der Waals surface area contributed by atoms with Gasteiger partial charge >= 0.3 is 0 Å². The Kier molecular flexibility index (Phi) is 5.28. The molecule has 1 aromatic rings. The van der Waals surface area contributed by atoms with E-state index in [-0.39, 0.29) is 23.7 Å². The summed E-state index contributed by atoms with van der Waals surface area (Å²) in [6.45, 7) is 6.06. The molecule has 0 heterocycles. The van der Waals surface area contributed by atoms with Crippen LogP contribution in [0.4, 0.5) is 4.39 Å². The molecule has 0 saturated carbocycles. The summed E-state index contributed by atoms with van der Waals surface area (Å²) < 4.78 is 13.4. The van der Waals surface area contributed by atoms with E-state index < -0.39 is 0 Å². The molecule has 0 aliphatic carbocycles. The van der Waals surface area contributed by atoms with E-state index in [2.05, 4.69) is 10.6 Å². The van der Waals surface area contributed by atoms with Crippen molar-refractivity contribution in [3.05, 3.63) is 35.1 Å². The Balaban J connectivity index is 2.67. The van der Waals surface area contributed by atoms with Crippen LogP contribution in [0.15, 0.2) is 18.2 Å². The van der Waals surface area contributed by atoms with Gasteiger partial charge in [0.25, 0.3) is 0 Å². The first-order valence-corrected chi connectivity index (χ1v) is 6.16. The number of aryl methyl sites for hydroxylation is 1. The SMILES string of the molecule is CNCC(C)C(=O)NC(C)c1ccc(C)c(F)c1. The molecule has 0 radical (unpaired) electrons. The van der Waals surface area contributed by atoms with Crippen LogP contribution in [0, 0.1) is 18.7 Å². The lowest BCUT2D eigenvalue weighted by Crippen LogP contribution is -2.35. The third-order valence-corrected chi connectivity index (χ3v) is 3.01. The molecule has 100 valence electrons. The van der Waals surface area contributed by atoms with Gasteiger partial charge in [-0.1, -0.05) is 19.1 Å². The summed E-state index contributed by atoms with van der Waals surface area (Å²) in [5, 5.41) is 5.84. The molecule has 0 aromatic heterocycles. The number of nitrogens with one attached hydrogen (secondary N) is 2. The van der Waals surface area contributed by atoms with Crippen LogP contribution in [0.5, 0.6) is 0 Å². The Morgan fingerprint density at radius 3 is 2.61 bits per heavy atom. The van der Waals surface area contributed by atoms with Crippen LogP contribution in [0.2, 0.25) is 0 Å². The Morgan fingerprint density at radius 1 is 1.39 bits per heavy atom. The van der Waals surface area contributed by atoms with Crippen molar-refractivity contribution >= 4 is 5.91 Å². The molecule has 2 unspecified atom stereocenters. The molecule has 1 rings (SSSR count). The highest BCUT2D eigenvalue weighted by molar-refractivity contribution is 5.78. The Morgan fingerprint density at radius 2 is 2.06 bits per heavy atom. The highest BCUT2D eigenvalue weighted by Crippen LogP contribution is 2.16. The molecular formula is C14H21FN2O. The summed E-state index contributed by atoms with van der Waals surface area (Å²) in [5.74, 6) is -0.373. The standard InChI is InChI=1S/C14H21FN2O/c1-9-5-6-12(7-13(9)15)11(3)17-14(18)10(2)8-16-4/h5-7,10-11,16H,8H2,1-4H3,(H,17,18). The molecule has 1 aromatic carbocycles. The van der Waals surface area contributed by atoms with Gasteiger partial charge in [-0.3, -0.25) is 4.79 Å². The van der Waals surface area contributed by atoms with Gasteiger partial charge in [-0.2, -0.15) is 0 Å². The fourth-order valence-corrected chi connectivity index (χ4v) is 1.72. The first-order valence-electron chi connectivity index (χ1n) is 6.16. The summed E-state index contributed by atoms with van der Waals surface area (Å²) in [5.41, 5.74) is 1.39. The van der Waals surface area contributed by atoms with Crippen molar-refractivity contribution < 1.29 is 9.18 Å². The molecular weight excluding hydrogens is 231 g/mol. The predicted molar refractivity (Wildman–Crippen MR) is 70.8 cm³/mol. The molecule has 1 amide bonds. The minimum Gasteiger partial charge on any atom is -0.349 e. The van der Waals surface area contributed by atoms with E-state index in [1.807, 2.05) is 27.0 Å². The normalized spacial score (nSPS) is 14.1. The summed E-state index contributed by atoms with van der Waals surface area (Å²) in [7, 11) is 1.81. The van der Waals surface area contributed by atoms with Crippen molar-refractivity contribution in [2.24, 2.45) is 5.92 Å². The highest BCUT2D eigenvalue weighted by atomic mass is 19.1. The van der Waals surface area contributed by atoms with Crippen LogP contribution in [0.25, 0.3) is 0 Å². The predicted octanol–water partition coefficient (Wildman–Crippen LogP) is 2.17. The van der Waals surface area contributed by atoms with E-state index in [1.165, 1.54) is 6.07 Å². The van der Waals surface area contributed by atoms with E-state index in [0.717, 1.165) is 5.56 Å². The van der Waals surface area contributed by atoms with Crippen molar-refractivity contribution in [1.29, 1.82) is 0 Å². The molecule has 3 nitrogen and oxygen atoms in total. The molecule has 2 N–H and O–H groups in total. The van der Waals surface area contributed by atoms with Gasteiger partial charge in [0.15, 0.2) is 0 Å². The van der Waals surface area contributed by atoms with Crippen molar-refractivity contribution in [1.82, 2.24) is 10.6 Å². The second-order valence-corrected chi connectivity index (χ2v) is 4.70. The number of benzene rings is 1. The van der Waals surface area contributed by atoms with E-state index in [9.17, 15) is 9.18 Å². The van der Waals surface area contributed by atoms with Crippen molar-refractivity contribution in [2.75, 3.05) is 13.6 Å². The molecule has 18 heavy (non-hydrogen) atoms. The molecule has 2 atom stereocenters. The zero-order valence-corrected chi connectivity index (χ0v) is 11.4. The number of hydrogen-bond acceptors (Lipinski definition) is 2. The monoisotopic (exact) mass is 252 g/mol. The van der Waals surface area contributed by atoms with E-state index in [0.29, 0.717) is 12.1 Å². The molecule has 0 saturated heterocycles. The van der Waals surface area contributed by atoms with E-state index in [1.54, 1.807) is 13.0 Å². The number of halogens is 1. The van der Waals surface area contributed by atoms with Crippen LogP contribution in [0.3, 0.4) is 0 Å². The molecule has 0 bridgehead atoms. The van der Waals surface area contributed by atoms with Crippen LogP contribution >= 0.6 is 0 Å². The van der Waals surface area contributed by atoms with Gasteiger partial charge < -0.3 is 10.6 Å². The van der Waals surface area contributed by atoms with Crippen LogP contribution < -0.4 is 10.6 Å². The first kappa shape index (κ1) is 14.6. The lowest BCUT2D eigenvalue weighted by Gasteiger charge is -2.18. The minimum atomic E-state index is -0.239. The first-order chi connectivity index (χ1) is 8.45. The average Bonchev–Trinajstić information content (AvgIpc) is 2.32. The summed E-state index contributed by atoms with van der Waals surface area (Å²) in [6.07, 6.45) is 0. The number of carbonyl (C=O) groups is 1. The van der Waals surface area contributed by atoms with Crippen molar-refractivity contribution in [2.45, 2.75) is 26.8 Å². The number of carbonyl (C=O) groups excluding carboxylic acids is 1. The second kappa shape index (κ2) is 6.50. The summed E-state index contributed by atoms with van der Waals surface area (Å²) in [6, 6.07) is 4.85. The van der Waals surface area contributed by atoms with Gasteiger partial charge in [0.1, 0.15) is 5.82 Å². The zero-order valence-electron chi connectivity index (χ0n) is 11.4. The minimum absolute atomic E-state index is 0.0298. The topological polar surface area (TPSA) is 41.1 Å². The van der Waals surface area contributed by atoms with Gasteiger partial charge in [0, 0.05) is 12.5 Å². The second-order valence-electron chi connectivity index (χ2n) is 4.70. The van der Waals surface area contributed by atoms with Gasteiger partial charge in [-0.25, -0.2) is 4.39 Å². The maximum atomic E-state index is 13.4. The fourth-order valence-electron chi connectivity index (χ4n) is 1.72. The summed E-state index contributed by atoms with van der Waals surface area (Å²) in [4.78, 5) is 11.8. The van der Waals surface area contributed by atoms with Gasteiger partial charge in [0.05, 0.1) is 6.04 Å².